The molecule has 1 fully saturated rings. The zero-order chi connectivity index (χ0) is 10.5. The van der Waals surface area contributed by atoms with Gasteiger partial charge in [-0.05, 0) is 18.9 Å². The molecule has 0 bridgehead atoms. The molecule has 0 aliphatic heterocycles. The number of rotatable bonds is 3. The van der Waals surface area contributed by atoms with Gasteiger partial charge in [0.15, 0.2) is 0 Å². The van der Waals surface area contributed by atoms with Crippen LogP contribution in [0, 0.1) is 0 Å². The van der Waals surface area contributed by atoms with Crippen LogP contribution in [0.25, 0.3) is 0 Å². The molecule has 1 aromatic heterocycles. The van der Waals surface area contributed by atoms with Gasteiger partial charge in [-0.25, -0.2) is 4.98 Å². The Morgan fingerprint density at radius 2 is 2.07 bits per heavy atom. The molecular weight excluding hydrogens is 188 g/mol. The van der Waals surface area contributed by atoms with Crippen LogP contribution in [0.15, 0.2) is 12.3 Å². The van der Waals surface area contributed by atoms with Gasteiger partial charge in [0, 0.05) is 19.3 Å². The first kappa shape index (κ1) is 10.2. The zero-order valence-electron chi connectivity index (χ0n) is 9.16. The molecule has 0 spiro atoms. The molecule has 4 nitrogen and oxygen atoms in total. The van der Waals surface area contributed by atoms with Gasteiger partial charge in [0.1, 0.15) is 5.82 Å². The third-order valence-electron chi connectivity index (χ3n) is 2.85. The van der Waals surface area contributed by atoms with Crippen molar-refractivity contribution in [2.75, 3.05) is 17.7 Å². The van der Waals surface area contributed by atoms with E-state index >= 15 is 0 Å². The van der Waals surface area contributed by atoms with Gasteiger partial charge in [0.05, 0.1) is 0 Å². The third-order valence-corrected chi connectivity index (χ3v) is 2.85. The smallest absolute Gasteiger partial charge is 0.224 e. The Balaban J connectivity index is 1.96. The maximum atomic E-state index is 4.35. The summed E-state index contributed by atoms with van der Waals surface area (Å²) in [5.74, 6) is 1.61. The highest BCUT2D eigenvalue weighted by atomic mass is 15.1. The van der Waals surface area contributed by atoms with Gasteiger partial charge >= 0.3 is 0 Å². The minimum atomic E-state index is 0.561. The van der Waals surface area contributed by atoms with Crippen LogP contribution in [-0.4, -0.2) is 23.1 Å². The molecule has 2 rings (SSSR count). The molecule has 1 saturated carbocycles. The lowest BCUT2D eigenvalue weighted by molar-refractivity contribution is 0.461. The van der Waals surface area contributed by atoms with Crippen LogP contribution in [0.5, 0.6) is 0 Å². The fraction of sp³-hybridized carbons (Fsp3) is 0.636. The molecule has 0 radical (unpaired) electrons. The summed E-state index contributed by atoms with van der Waals surface area (Å²) in [6.45, 7) is 0. The molecule has 1 aliphatic carbocycles. The average molecular weight is 206 g/mol. The van der Waals surface area contributed by atoms with E-state index in [2.05, 4.69) is 20.6 Å². The highest BCUT2D eigenvalue weighted by Gasteiger charge is 2.13. The van der Waals surface area contributed by atoms with Crippen molar-refractivity contribution in [1.29, 1.82) is 0 Å². The highest BCUT2D eigenvalue weighted by molar-refractivity contribution is 5.39. The molecule has 0 amide bonds. The Hall–Kier alpha value is -1.32. The van der Waals surface area contributed by atoms with E-state index in [1.807, 2.05) is 13.1 Å². The summed E-state index contributed by atoms with van der Waals surface area (Å²) in [7, 11) is 1.87. The van der Waals surface area contributed by atoms with Gasteiger partial charge in [-0.3, -0.25) is 0 Å². The van der Waals surface area contributed by atoms with Gasteiger partial charge in [0.25, 0.3) is 0 Å². The lowest BCUT2D eigenvalue weighted by Crippen LogP contribution is -2.23. The second-order valence-electron chi connectivity index (χ2n) is 3.99. The fourth-order valence-corrected chi connectivity index (χ4v) is 2.00. The van der Waals surface area contributed by atoms with Crippen molar-refractivity contribution in [3.8, 4) is 0 Å². The molecule has 1 heterocycles. The highest BCUT2D eigenvalue weighted by Crippen LogP contribution is 2.20. The number of nitrogens with zero attached hydrogens (tertiary/aromatic N) is 2. The molecule has 4 heteroatoms. The van der Waals surface area contributed by atoms with Crippen molar-refractivity contribution in [1.82, 2.24) is 9.97 Å². The normalized spacial score (nSPS) is 17.4. The maximum Gasteiger partial charge on any atom is 0.224 e. The lowest BCUT2D eigenvalue weighted by atomic mass is 9.96. The summed E-state index contributed by atoms with van der Waals surface area (Å²) in [4.78, 5) is 8.57. The maximum absolute atomic E-state index is 4.35. The summed E-state index contributed by atoms with van der Waals surface area (Å²) in [6.07, 6.45) is 8.28. The van der Waals surface area contributed by atoms with Crippen molar-refractivity contribution in [2.24, 2.45) is 0 Å². The molecular formula is C11H18N4. The third kappa shape index (κ3) is 2.81. The first-order valence-corrected chi connectivity index (χ1v) is 5.66. The Labute approximate surface area is 90.5 Å². The van der Waals surface area contributed by atoms with E-state index in [-0.39, 0.29) is 0 Å². The van der Waals surface area contributed by atoms with Crippen molar-refractivity contribution in [3.05, 3.63) is 12.3 Å². The number of hydrogen-bond acceptors (Lipinski definition) is 4. The Kier molecular flexibility index (Phi) is 3.37. The zero-order valence-corrected chi connectivity index (χ0v) is 9.16. The molecule has 1 aromatic rings. The average Bonchev–Trinajstić information content (AvgIpc) is 2.31. The summed E-state index contributed by atoms with van der Waals surface area (Å²) in [5, 5.41) is 6.41. The standard InChI is InChI=1S/C11H18N4/c1-12-10-7-8-13-11(15-10)14-9-5-3-2-4-6-9/h7-9H,2-6H2,1H3,(H2,12,13,14,15). The van der Waals surface area contributed by atoms with Crippen molar-refractivity contribution in [3.63, 3.8) is 0 Å². The molecule has 0 atom stereocenters. The second kappa shape index (κ2) is 4.96. The van der Waals surface area contributed by atoms with E-state index in [0.29, 0.717) is 6.04 Å². The topological polar surface area (TPSA) is 49.8 Å². The second-order valence-corrected chi connectivity index (χ2v) is 3.99. The molecule has 0 aromatic carbocycles. The van der Waals surface area contributed by atoms with E-state index < -0.39 is 0 Å². The summed E-state index contributed by atoms with van der Waals surface area (Å²) >= 11 is 0. The van der Waals surface area contributed by atoms with Crippen LogP contribution in [0.3, 0.4) is 0 Å². The molecule has 0 saturated heterocycles. The predicted octanol–water partition coefficient (Wildman–Crippen LogP) is 2.26. The van der Waals surface area contributed by atoms with Crippen LogP contribution in [0.4, 0.5) is 11.8 Å². The largest absolute Gasteiger partial charge is 0.373 e. The minimum absolute atomic E-state index is 0.561. The van der Waals surface area contributed by atoms with Crippen LogP contribution >= 0.6 is 0 Å². The molecule has 15 heavy (non-hydrogen) atoms. The number of nitrogens with one attached hydrogen (secondary N) is 2. The van der Waals surface area contributed by atoms with Crippen molar-refractivity contribution >= 4 is 11.8 Å². The minimum Gasteiger partial charge on any atom is -0.373 e. The van der Waals surface area contributed by atoms with Crippen LogP contribution in [0.1, 0.15) is 32.1 Å². The van der Waals surface area contributed by atoms with Gasteiger partial charge in [-0.15, -0.1) is 0 Å². The van der Waals surface area contributed by atoms with Crippen LogP contribution in [0.2, 0.25) is 0 Å². The van der Waals surface area contributed by atoms with Gasteiger partial charge < -0.3 is 10.6 Å². The Bertz CT molecular complexity index is 307. The van der Waals surface area contributed by atoms with E-state index in [4.69, 9.17) is 0 Å². The van der Waals surface area contributed by atoms with Gasteiger partial charge in [-0.2, -0.15) is 4.98 Å². The number of aromatic nitrogens is 2. The first-order chi connectivity index (χ1) is 7.38. The lowest BCUT2D eigenvalue weighted by Gasteiger charge is -2.22. The molecule has 0 unspecified atom stereocenters. The summed E-state index contributed by atoms with van der Waals surface area (Å²) < 4.78 is 0. The van der Waals surface area contributed by atoms with Crippen LogP contribution < -0.4 is 10.6 Å². The summed E-state index contributed by atoms with van der Waals surface area (Å²) in [5.41, 5.74) is 0. The van der Waals surface area contributed by atoms with Gasteiger partial charge in [-0.1, -0.05) is 19.3 Å². The predicted molar refractivity (Wildman–Crippen MR) is 62.1 cm³/mol. The SMILES string of the molecule is CNc1ccnc(NC2CCCCC2)n1. The monoisotopic (exact) mass is 206 g/mol. The Morgan fingerprint density at radius 1 is 1.27 bits per heavy atom. The molecule has 82 valence electrons. The van der Waals surface area contributed by atoms with Gasteiger partial charge in [0.2, 0.25) is 5.95 Å². The first-order valence-electron chi connectivity index (χ1n) is 5.66. The summed E-state index contributed by atoms with van der Waals surface area (Å²) in [6, 6.07) is 2.43. The van der Waals surface area contributed by atoms with Crippen molar-refractivity contribution in [2.45, 2.75) is 38.1 Å². The Morgan fingerprint density at radius 3 is 2.80 bits per heavy atom. The van der Waals surface area contributed by atoms with E-state index in [1.54, 1.807) is 6.20 Å². The number of hydrogen-bond donors (Lipinski definition) is 2. The fourth-order valence-electron chi connectivity index (χ4n) is 2.00. The number of anilines is 2. The van der Waals surface area contributed by atoms with E-state index in [0.717, 1.165) is 11.8 Å². The quantitative estimate of drug-likeness (QED) is 0.796. The van der Waals surface area contributed by atoms with Crippen LogP contribution in [-0.2, 0) is 0 Å². The molecule has 2 N–H and O–H groups in total. The van der Waals surface area contributed by atoms with E-state index in [1.165, 1.54) is 32.1 Å². The molecule has 1 aliphatic rings. The van der Waals surface area contributed by atoms with E-state index in [9.17, 15) is 0 Å². The van der Waals surface area contributed by atoms with Crippen molar-refractivity contribution < 1.29 is 0 Å².